The van der Waals surface area contributed by atoms with Crippen LogP contribution in [0.2, 0.25) is 5.02 Å². The maximum Gasteiger partial charge on any atom is 0.208 e. The molecule has 41 heavy (non-hydrogen) atoms. The molecule has 6 rings (SSSR count). The number of phenols is 1. The highest BCUT2D eigenvalue weighted by Gasteiger charge is 2.31. The van der Waals surface area contributed by atoms with Crippen LogP contribution in [0.25, 0.3) is 41.2 Å². The Balaban J connectivity index is 1.86. The Labute approximate surface area is 257 Å². The van der Waals surface area contributed by atoms with E-state index in [1.54, 1.807) is 42.5 Å². The first-order valence-electron chi connectivity index (χ1n) is 13.0. The van der Waals surface area contributed by atoms with Crippen molar-refractivity contribution in [3.63, 3.8) is 0 Å². The van der Waals surface area contributed by atoms with Crippen LogP contribution in [0.15, 0.2) is 126 Å². The number of sulfone groups is 1. The van der Waals surface area contributed by atoms with Gasteiger partial charge in [-0.2, -0.15) is 0 Å². The molecule has 1 N–H and O–H groups in total. The van der Waals surface area contributed by atoms with Crippen LogP contribution in [0.5, 0.6) is 5.75 Å². The van der Waals surface area contributed by atoms with Gasteiger partial charge in [0.2, 0.25) is 9.84 Å². The molecule has 0 saturated carbocycles. The fourth-order valence-electron chi connectivity index (χ4n) is 5.42. The summed E-state index contributed by atoms with van der Waals surface area (Å²) in [7, 11) is -4.13. The first kappa shape index (κ1) is 27.5. The molecule has 0 saturated heterocycles. The van der Waals surface area contributed by atoms with E-state index < -0.39 is 9.84 Å². The lowest BCUT2D eigenvalue weighted by Crippen LogP contribution is -2.07. The van der Waals surface area contributed by atoms with Crippen LogP contribution in [-0.4, -0.2) is 13.5 Å². The standard InChI is InChI=1S/C35H24ClIO3S/c1-22-21-24-12-6-8-16-27(24)33(31(22)28-17-9-10-18-29(28)36)34(37)35(41(39,40)25-13-3-2-4-14-25)32-26-15-7-5-11-23(26)19-20-30(32)38/h2-21,38H,1H3/b35-34+. The lowest BCUT2D eigenvalue weighted by atomic mass is 9.89. The van der Waals surface area contributed by atoms with E-state index in [1.165, 1.54) is 0 Å². The number of fused-ring (bicyclic) bond motifs is 2. The molecular weight excluding hydrogens is 663 g/mol. The van der Waals surface area contributed by atoms with Crippen LogP contribution in [-0.2, 0) is 9.84 Å². The largest absolute Gasteiger partial charge is 0.507 e. The van der Waals surface area contributed by atoms with Gasteiger partial charge in [0.25, 0.3) is 0 Å². The van der Waals surface area contributed by atoms with Crippen molar-refractivity contribution in [1.82, 2.24) is 0 Å². The predicted molar refractivity (Wildman–Crippen MR) is 179 cm³/mol. The van der Waals surface area contributed by atoms with E-state index >= 15 is 0 Å². The van der Waals surface area contributed by atoms with Gasteiger partial charge in [0.15, 0.2) is 0 Å². The summed E-state index contributed by atoms with van der Waals surface area (Å²) in [6.07, 6.45) is 0. The highest BCUT2D eigenvalue weighted by molar-refractivity contribution is 14.1. The van der Waals surface area contributed by atoms with Crippen molar-refractivity contribution in [2.45, 2.75) is 11.8 Å². The molecule has 0 aromatic heterocycles. The molecule has 0 atom stereocenters. The van der Waals surface area contributed by atoms with Gasteiger partial charge in [-0.25, -0.2) is 8.42 Å². The minimum Gasteiger partial charge on any atom is -0.507 e. The monoisotopic (exact) mass is 686 g/mol. The molecule has 202 valence electrons. The summed E-state index contributed by atoms with van der Waals surface area (Å²) in [5.41, 5.74) is 3.63. The summed E-state index contributed by atoms with van der Waals surface area (Å²) in [5, 5.41) is 15.3. The maximum atomic E-state index is 14.7. The van der Waals surface area contributed by atoms with Crippen LogP contribution >= 0.6 is 34.2 Å². The van der Waals surface area contributed by atoms with Gasteiger partial charge in [0.1, 0.15) is 5.75 Å². The Morgan fingerprint density at radius 3 is 2.00 bits per heavy atom. The molecule has 3 nitrogen and oxygen atoms in total. The van der Waals surface area contributed by atoms with Gasteiger partial charge in [-0.05, 0) is 86.5 Å². The summed E-state index contributed by atoms with van der Waals surface area (Å²) in [5.74, 6) is -0.108. The zero-order chi connectivity index (χ0) is 28.7. The fraction of sp³-hybridized carbons (Fsp3) is 0.0286. The van der Waals surface area contributed by atoms with Crippen LogP contribution in [0.3, 0.4) is 0 Å². The molecule has 0 heterocycles. The topological polar surface area (TPSA) is 54.4 Å². The average Bonchev–Trinajstić information content (AvgIpc) is 2.98. The van der Waals surface area contributed by atoms with E-state index in [2.05, 4.69) is 28.7 Å². The van der Waals surface area contributed by atoms with E-state index in [9.17, 15) is 13.5 Å². The number of phenolic OH excluding ortho intramolecular Hbond substituents is 1. The first-order valence-corrected chi connectivity index (χ1v) is 15.9. The van der Waals surface area contributed by atoms with Crippen molar-refractivity contribution in [3.8, 4) is 16.9 Å². The quantitative estimate of drug-likeness (QED) is 0.145. The Hall–Kier alpha value is -3.65. The molecule has 0 aliphatic rings. The number of hydrogen-bond donors (Lipinski definition) is 1. The Bertz CT molecular complexity index is 2100. The Kier molecular flexibility index (Phi) is 7.36. The number of benzene rings is 6. The molecule has 6 heteroatoms. The van der Waals surface area contributed by atoms with E-state index in [-0.39, 0.29) is 21.1 Å². The van der Waals surface area contributed by atoms with E-state index in [4.69, 9.17) is 11.6 Å². The van der Waals surface area contributed by atoms with Crippen molar-refractivity contribution in [1.29, 1.82) is 0 Å². The van der Waals surface area contributed by atoms with E-state index in [1.807, 2.05) is 79.7 Å². The summed E-state index contributed by atoms with van der Waals surface area (Å²) in [4.78, 5) is 0.190. The van der Waals surface area contributed by atoms with Crippen molar-refractivity contribution < 1.29 is 13.5 Å². The Morgan fingerprint density at radius 1 is 0.707 bits per heavy atom. The molecule has 6 aromatic carbocycles. The summed E-state index contributed by atoms with van der Waals surface area (Å²) in [6.45, 7) is 2.01. The summed E-state index contributed by atoms with van der Waals surface area (Å²) in [6, 6.07) is 36.9. The highest BCUT2D eigenvalue weighted by atomic mass is 127. The molecule has 0 amide bonds. The lowest BCUT2D eigenvalue weighted by Gasteiger charge is -2.21. The van der Waals surface area contributed by atoms with Gasteiger partial charge in [-0.3, -0.25) is 0 Å². The van der Waals surface area contributed by atoms with Gasteiger partial charge < -0.3 is 5.11 Å². The normalized spacial score (nSPS) is 12.5. The third-order valence-electron chi connectivity index (χ3n) is 7.26. The van der Waals surface area contributed by atoms with Crippen LogP contribution < -0.4 is 0 Å². The smallest absolute Gasteiger partial charge is 0.208 e. The average molecular weight is 687 g/mol. The minimum absolute atomic E-state index is 0.0441. The van der Waals surface area contributed by atoms with Crippen molar-refractivity contribution in [2.24, 2.45) is 0 Å². The molecule has 0 aliphatic carbocycles. The van der Waals surface area contributed by atoms with Gasteiger partial charge in [-0.15, -0.1) is 0 Å². The zero-order valence-electron chi connectivity index (χ0n) is 22.0. The SMILES string of the molecule is Cc1cc2ccccc2c(/C(I)=C(/c2c(O)ccc3ccccc23)S(=O)(=O)c2ccccc2)c1-c1ccccc1Cl. The number of aryl methyl sites for hydroxylation is 1. The van der Waals surface area contributed by atoms with Gasteiger partial charge in [0.05, 0.1) is 9.80 Å². The van der Waals surface area contributed by atoms with Crippen LogP contribution in [0.4, 0.5) is 0 Å². The van der Waals surface area contributed by atoms with Crippen molar-refractivity contribution in [3.05, 3.63) is 143 Å². The highest BCUT2D eigenvalue weighted by Crippen LogP contribution is 2.49. The summed E-state index contributed by atoms with van der Waals surface area (Å²) < 4.78 is 29.9. The molecule has 0 aliphatic heterocycles. The number of rotatable bonds is 5. The van der Waals surface area contributed by atoms with E-state index in [0.717, 1.165) is 38.4 Å². The maximum absolute atomic E-state index is 14.7. The first-order chi connectivity index (χ1) is 19.8. The molecular formula is C35H24ClIO3S. The molecule has 0 fully saturated rings. The fourth-order valence-corrected chi connectivity index (χ4v) is 8.92. The summed E-state index contributed by atoms with van der Waals surface area (Å²) >= 11 is 8.92. The van der Waals surface area contributed by atoms with Gasteiger partial charge in [-0.1, -0.05) is 109 Å². The number of hydrogen-bond acceptors (Lipinski definition) is 3. The second-order valence-corrected chi connectivity index (χ2v) is 13.2. The molecule has 6 aromatic rings. The molecule has 0 bridgehead atoms. The molecule has 0 spiro atoms. The predicted octanol–water partition coefficient (Wildman–Crippen LogP) is 10.1. The van der Waals surface area contributed by atoms with Crippen LogP contribution in [0.1, 0.15) is 16.7 Å². The minimum atomic E-state index is -4.13. The number of aromatic hydroxyl groups is 1. The lowest BCUT2D eigenvalue weighted by molar-refractivity contribution is 0.474. The van der Waals surface area contributed by atoms with Crippen molar-refractivity contribution in [2.75, 3.05) is 0 Å². The second kappa shape index (κ2) is 11.0. The third-order valence-corrected chi connectivity index (χ3v) is 10.9. The van der Waals surface area contributed by atoms with E-state index in [0.29, 0.717) is 14.0 Å². The number of halogens is 2. The van der Waals surface area contributed by atoms with Crippen LogP contribution in [0, 0.1) is 6.92 Å². The van der Waals surface area contributed by atoms with Crippen molar-refractivity contribution >= 4 is 74.1 Å². The third kappa shape index (κ3) is 4.82. The van der Waals surface area contributed by atoms with Gasteiger partial charge in [0, 0.05) is 25.3 Å². The Morgan fingerprint density at radius 2 is 1.29 bits per heavy atom. The molecule has 0 radical (unpaired) electrons. The molecule has 0 unspecified atom stereocenters. The second-order valence-electron chi connectivity index (χ2n) is 9.78. The zero-order valence-corrected chi connectivity index (χ0v) is 25.7. The van der Waals surface area contributed by atoms with Gasteiger partial charge >= 0.3 is 0 Å².